The van der Waals surface area contributed by atoms with Gasteiger partial charge in [-0.25, -0.2) is 14.9 Å². The number of nitrogens with zero attached hydrogens (tertiary/aromatic N) is 3. The molecular weight excluding hydrogens is 371 g/mol. The fourth-order valence-electron chi connectivity index (χ4n) is 3.33. The highest BCUT2D eigenvalue weighted by atomic mass is 19.1. The average Bonchev–Trinajstić information content (AvgIpc) is 2.93. The number of fused-ring (bicyclic) bond motifs is 1. The SMILES string of the molecule is CNc1cc(C2=CCCCc3nc(NCC(C)(C)F)nc(OC)c32)ccc1N=N. The van der Waals surface area contributed by atoms with Crippen LogP contribution in [0.15, 0.2) is 29.4 Å². The van der Waals surface area contributed by atoms with Crippen molar-refractivity contribution in [1.29, 1.82) is 5.53 Å². The number of benzene rings is 1. The lowest BCUT2D eigenvalue weighted by Gasteiger charge is -2.19. The van der Waals surface area contributed by atoms with Crippen molar-refractivity contribution in [2.45, 2.75) is 38.8 Å². The Balaban J connectivity index is 2.07. The van der Waals surface area contributed by atoms with Gasteiger partial charge < -0.3 is 15.4 Å². The molecule has 0 bridgehead atoms. The number of allylic oxidation sites excluding steroid dienone is 1. The molecular formula is C21H27FN6O. The number of halogens is 1. The number of hydrogen-bond acceptors (Lipinski definition) is 7. The number of aromatic nitrogens is 2. The molecule has 2 aromatic rings. The lowest BCUT2D eigenvalue weighted by Crippen LogP contribution is -2.25. The van der Waals surface area contributed by atoms with Gasteiger partial charge in [0.15, 0.2) is 0 Å². The Bertz CT molecular complexity index is 935. The van der Waals surface area contributed by atoms with E-state index in [1.807, 2.05) is 18.2 Å². The van der Waals surface area contributed by atoms with Gasteiger partial charge >= 0.3 is 0 Å². The first-order valence-corrected chi connectivity index (χ1v) is 9.64. The molecule has 0 fully saturated rings. The van der Waals surface area contributed by atoms with Crippen molar-refractivity contribution in [1.82, 2.24) is 9.97 Å². The van der Waals surface area contributed by atoms with E-state index in [2.05, 4.69) is 31.8 Å². The molecule has 3 N–H and O–H groups in total. The van der Waals surface area contributed by atoms with Crippen LogP contribution < -0.4 is 15.4 Å². The van der Waals surface area contributed by atoms with Gasteiger partial charge in [-0.1, -0.05) is 12.1 Å². The van der Waals surface area contributed by atoms with Crippen LogP contribution in [0.1, 0.15) is 43.5 Å². The van der Waals surface area contributed by atoms with Crippen LogP contribution in [0.5, 0.6) is 5.88 Å². The Labute approximate surface area is 170 Å². The van der Waals surface area contributed by atoms with Gasteiger partial charge in [-0.15, -0.1) is 0 Å². The van der Waals surface area contributed by atoms with Gasteiger partial charge in [-0.3, -0.25) is 0 Å². The highest BCUT2D eigenvalue weighted by Crippen LogP contribution is 2.38. The van der Waals surface area contributed by atoms with Crippen LogP contribution in [0, 0.1) is 5.53 Å². The van der Waals surface area contributed by atoms with Crippen LogP contribution in [0.2, 0.25) is 0 Å². The zero-order chi connectivity index (χ0) is 21.0. The summed E-state index contributed by atoms with van der Waals surface area (Å²) >= 11 is 0. The summed E-state index contributed by atoms with van der Waals surface area (Å²) in [6.07, 6.45) is 4.79. The minimum Gasteiger partial charge on any atom is -0.480 e. The molecule has 1 aliphatic carbocycles. The van der Waals surface area contributed by atoms with Gasteiger partial charge in [-0.05, 0) is 56.4 Å². The third kappa shape index (κ3) is 4.70. The Kier molecular flexibility index (Phi) is 6.10. The number of aryl methyl sites for hydroxylation is 1. The van der Waals surface area contributed by atoms with Crippen LogP contribution in [-0.2, 0) is 6.42 Å². The molecule has 154 valence electrons. The van der Waals surface area contributed by atoms with E-state index >= 15 is 0 Å². The first-order valence-electron chi connectivity index (χ1n) is 9.64. The number of ether oxygens (including phenoxy) is 1. The average molecular weight is 398 g/mol. The lowest BCUT2D eigenvalue weighted by molar-refractivity contribution is 0.234. The van der Waals surface area contributed by atoms with E-state index in [0.717, 1.165) is 47.3 Å². The van der Waals surface area contributed by atoms with Crippen LogP contribution in [0.3, 0.4) is 0 Å². The van der Waals surface area contributed by atoms with Crippen molar-refractivity contribution in [3.8, 4) is 5.88 Å². The number of hydrogen-bond donors (Lipinski definition) is 3. The van der Waals surface area contributed by atoms with E-state index in [1.54, 1.807) is 14.2 Å². The fraction of sp³-hybridized carbons (Fsp3) is 0.429. The predicted molar refractivity (Wildman–Crippen MR) is 113 cm³/mol. The van der Waals surface area contributed by atoms with Crippen LogP contribution in [-0.4, -0.2) is 36.3 Å². The Morgan fingerprint density at radius 3 is 2.76 bits per heavy atom. The quantitative estimate of drug-likeness (QED) is 0.563. The number of anilines is 2. The molecule has 0 radical (unpaired) electrons. The summed E-state index contributed by atoms with van der Waals surface area (Å²) < 4.78 is 19.5. The molecule has 3 rings (SSSR count). The second-order valence-electron chi connectivity index (χ2n) is 7.55. The third-order valence-electron chi connectivity index (χ3n) is 4.74. The van der Waals surface area contributed by atoms with E-state index in [1.165, 1.54) is 13.8 Å². The number of nitrogens with one attached hydrogen (secondary N) is 3. The summed E-state index contributed by atoms with van der Waals surface area (Å²) in [6, 6.07) is 5.71. The predicted octanol–water partition coefficient (Wildman–Crippen LogP) is 5.12. The molecule has 0 saturated heterocycles. The molecule has 1 aromatic heterocycles. The summed E-state index contributed by atoms with van der Waals surface area (Å²) in [7, 11) is 3.38. The monoisotopic (exact) mass is 398 g/mol. The van der Waals surface area contributed by atoms with Gasteiger partial charge in [0.25, 0.3) is 0 Å². The minimum absolute atomic E-state index is 0.112. The second-order valence-corrected chi connectivity index (χ2v) is 7.55. The lowest BCUT2D eigenvalue weighted by atomic mass is 9.96. The van der Waals surface area contributed by atoms with Gasteiger partial charge in [0, 0.05) is 7.05 Å². The van der Waals surface area contributed by atoms with E-state index < -0.39 is 5.67 Å². The van der Waals surface area contributed by atoms with Gasteiger partial charge in [0.2, 0.25) is 11.8 Å². The zero-order valence-corrected chi connectivity index (χ0v) is 17.3. The van der Waals surface area contributed by atoms with Gasteiger partial charge in [-0.2, -0.15) is 10.1 Å². The zero-order valence-electron chi connectivity index (χ0n) is 17.3. The maximum absolute atomic E-state index is 13.9. The summed E-state index contributed by atoms with van der Waals surface area (Å²) in [4.78, 5) is 9.15. The standard InChI is InChI=1S/C21H27FN6O/c1-21(2,22)12-25-20-26-16-8-6-5-7-14(18(16)19(27-20)29-4)13-9-10-15(28-23)17(11-13)24-3/h7,9-11,23-24H,5-6,8,12H2,1-4H3,(H,25,26,27). The molecule has 8 heteroatoms. The van der Waals surface area contributed by atoms with Crippen molar-refractivity contribution in [2.75, 3.05) is 31.3 Å². The molecule has 1 aromatic carbocycles. The van der Waals surface area contributed by atoms with Crippen molar-refractivity contribution >= 4 is 22.9 Å². The maximum Gasteiger partial charge on any atom is 0.226 e. The normalized spacial score (nSPS) is 13.8. The van der Waals surface area contributed by atoms with Crippen molar-refractivity contribution in [3.05, 3.63) is 41.1 Å². The molecule has 0 aliphatic heterocycles. The van der Waals surface area contributed by atoms with Gasteiger partial charge in [0.1, 0.15) is 11.4 Å². The minimum atomic E-state index is -1.37. The van der Waals surface area contributed by atoms with Crippen LogP contribution in [0.4, 0.5) is 21.7 Å². The van der Waals surface area contributed by atoms with Crippen LogP contribution in [0.25, 0.3) is 5.57 Å². The van der Waals surface area contributed by atoms with E-state index in [-0.39, 0.29) is 6.54 Å². The molecule has 29 heavy (non-hydrogen) atoms. The van der Waals surface area contributed by atoms with Crippen LogP contribution >= 0.6 is 0 Å². The summed E-state index contributed by atoms with van der Waals surface area (Å²) in [5.41, 5.74) is 11.0. The fourth-order valence-corrected chi connectivity index (χ4v) is 3.33. The summed E-state index contributed by atoms with van der Waals surface area (Å²) in [5.74, 6) is 0.828. The molecule has 0 saturated carbocycles. The second kappa shape index (κ2) is 8.55. The van der Waals surface area contributed by atoms with E-state index in [9.17, 15) is 4.39 Å². The van der Waals surface area contributed by atoms with E-state index in [4.69, 9.17) is 10.3 Å². The van der Waals surface area contributed by atoms with Crippen molar-refractivity contribution in [2.24, 2.45) is 5.11 Å². The summed E-state index contributed by atoms with van der Waals surface area (Å²) in [5, 5.41) is 9.62. The van der Waals surface area contributed by atoms with Gasteiger partial charge in [0.05, 0.1) is 30.6 Å². The largest absolute Gasteiger partial charge is 0.480 e. The molecule has 1 heterocycles. The Morgan fingerprint density at radius 2 is 2.10 bits per heavy atom. The van der Waals surface area contributed by atoms with Crippen molar-refractivity contribution < 1.29 is 9.13 Å². The number of rotatable bonds is 7. The molecule has 0 atom stereocenters. The Hall–Kier alpha value is -3.03. The Morgan fingerprint density at radius 1 is 1.31 bits per heavy atom. The number of methoxy groups -OCH3 is 1. The molecule has 7 nitrogen and oxygen atoms in total. The first kappa shape index (κ1) is 20.7. The third-order valence-corrected chi connectivity index (χ3v) is 4.74. The molecule has 0 spiro atoms. The molecule has 0 amide bonds. The first-order chi connectivity index (χ1) is 13.9. The molecule has 1 aliphatic rings. The molecule has 0 unspecified atom stereocenters. The smallest absolute Gasteiger partial charge is 0.226 e. The summed E-state index contributed by atoms with van der Waals surface area (Å²) in [6.45, 7) is 3.13. The van der Waals surface area contributed by atoms with E-state index in [0.29, 0.717) is 17.5 Å². The van der Waals surface area contributed by atoms with Crippen molar-refractivity contribution in [3.63, 3.8) is 0 Å². The highest BCUT2D eigenvalue weighted by Gasteiger charge is 2.23. The highest BCUT2D eigenvalue weighted by molar-refractivity contribution is 5.86. The topological polar surface area (TPSA) is 95.3 Å². The maximum atomic E-state index is 13.9. The number of alkyl halides is 1.